The summed E-state index contributed by atoms with van der Waals surface area (Å²) in [4.78, 5) is 0. The molecule has 2 aromatic rings. The molecule has 1 N–H and O–H groups in total. The minimum absolute atomic E-state index is 0.366. The van der Waals surface area contributed by atoms with Gasteiger partial charge in [-0.1, -0.05) is 13.0 Å². The molecule has 1 aromatic carbocycles. The predicted octanol–water partition coefficient (Wildman–Crippen LogP) is 3.06. The Labute approximate surface area is 126 Å². The summed E-state index contributed by atoms with van der Waals surface area (Å²) in [5.74, 6) is 1.53. The first-order valence-electron chi connectivity index (χ1n) is 7.22. The average Bonchev–Trinajstić information content (AvgIpc) is 3.00. The molecular weight excluding hydrogens is 266 g/mol. The van der Waals surface area contributed by atoms with Crippen LogP contribution in [0.4, 0.5) is 0 Å². The Morgan fingerprint density at radius 3 is 2.43 bits per heavy atom. The molecular formula is C17H23NO3. The molecule has 4 heteroatoms. The van der Waals surface area contributed by atoms with Crippen LogP contribution in [0.25, 0.3) is 0 Å². The molecule has 1 unspecified atom stereocenters. The van der Waals surface area contributed by atoms with Crippen molar-refractivity contribution in [3.05, 3.63) is 47.9 Å². The van der Waals surface area contributed by atoms with Crippen molar-refractivity contribution in [2.24, 2.45) is 0 Å². The summed E-state index contributed by atoms with van der Waals surface area (Å²) in [6, 6.07) is 8.46. The van der Waals surface area contributed by atoms with Crippen molar-refractivity contribution in [3.8, 4) is 11.5 Å². The van der Waals surface area contributed by atoms with Crippen LogP contribution in [-0.2, 0) is 12.8 Å². The summed E-state index contributed by atoms with van der Waals surface area (Å²) in [7, 11) is 3.31. The SMILES string of the molecule is CCNC(Cc1ccoc1)Cc1ccc(OC)c(OC)c1. The molecule has 4 nitrogen and oxygen atoms in total. The Balaban J connectivity index is 2.09. The van der Waals surface area contributed by atoms with Gasteiger partial charge in [0.25, 0.3) is 0 Å². The van der Waals surface area contributed by atoms with Gasteiger partial charge in [-0.05, 0) is 48.7 Å². The molecule has 0 fully saturated rings. The summed E-state index contributed by atoms with van der Waals surface area (Å²) in [5, 5.41) is 3.52. The van der Waals surface area contributed by atoms with Gasteiger partial charge < -0.3 is 19.2 Å². The molecule has 0 amide bonds. The number of likely N-dealkylation sites (N-methyl/N-ethyl adjacent to an activating group) is 1. The highest BCUT2D eigenvalue weighted by atomic mass is 16.5. The Morgan fingerprint density at radius 1 is 1.05 bits per heavy atom. The lowest BCUT2D eigenvalue weighted by Gasteiger charge is -2.18. The second-order valence-electron chi connectivity index (χ2n) is 4.98. The Morgan fingerprint density at radius 2 is 1.81 bits per heavy atom. The van der Waals surface area contributed by atoms with Gasteiger partial charge in [-0.3, -0.25) is 0 Å². The Hall–Kier alpha value is -1.94. The highest BCUT2D eigenvalue weighted by molar-refractivity contribution is 5.43. The molecule has 1 aromatic heterocycles. The third-order valence-electron chi connectivity index (χ3n) is 3.49. The van der Waals surface area contributed by atoms with Crippen LogP contribution in [0.3, 0.4) is 0 Å². The number of rotatable bonds is 8. The third kappa shape index (κ3) is 4.26. The number of benzene rings is 1. The summed E-state index contributed by atoms with van der Waals surface area (Å²) >= 11 is 0. The van der Waals surface area contributed by atoms with E-state index in [1.165, 1.54) is 11.1 Å². The lowest BCUT2D eigenvalue weighted by atomic mass is 10.00. The molecule has 114 valence electrons. The fourth-order valence-corrected chi connectivity index (χ4v) is 2.49. The van der Waals surface area contributed by atoms with E-state index in [2.05, 4.69) is 18.3 Å². The topological polar surface area (TPSA) is 43.6 Å². The third-order valence-corrected chi connectivity index (χ3v) is 3.49. The average molecular weight is 289 g/mol. The normalized spacial score (nSPS) is 12.1. The van der Waals surface area contributed by atoms with Crippen LogP contribution in [0.5, 0.6) is 11.5 Å². The van der Waals surface area contributed by atoms with Crippen molar-refractivity contribution in [1.82, 2.24) is 5.32 Å². The van der Waals surface area contributed by atoms with Gasteiger partial charge in [-0.15, -0.1) is 0 Å². The van der Waals surface area contributed by atoms with E-state index in [4.69, 9.17) is 13.9 Å². The first-order valence-corrected chi connectivity index (χ1v) is 7.22. The highest BCUT2D eigenvalue weighted by Gasteiger charge is 2.12. The molecule has 2 rings (SSSR count). The van der Waals surface area contributed by atoms with E-state index in [0.717, 1.165) is 30.9 Å². The van der Waals surface area contributed by atoms with E-state index in [9.17, 15) is 0 Å². The van der Waals surface area contributed by atoms with Crippen LogP contribution < -0.4 is 14.8 Å². The Kier molecular flexibility index (Phi) is 5.69. The van der Waals surface area contributed by atoms with E-state index in [1.807, 2.05) is 18.2 Å². The molecule has 0 aliphatic heterocycles. The van der Waals surface area contributed by atoms with Gasteiger partial charge >= 0.3 is 0 Å². The van der Waals surface area contributed by atoms with Crippen molar-refractivity contribution in [1.29, 1.82) is 0 Å². The summed E-state index contributed by atoms with van der Waals surface area (Å²) in [6.07, 6.45) is 5.39. The Bertz CT molecular complexity index is 537. The summed E-state index contributed by atoms with van der Waals surface area (Å²) in [6.45, 7) is 3.06. The number of ether oxygens (including phenoxy) is 2. The zero-order valence-electron chi connectivity index (χ0n) is 12.9. The maximum absolute atomic E-state index is 5.36. The molecule has 1 heterocycles. The maximum atomic E-state index is 5.36. The summed E-state index contributed by atoms with van der Waals surface area (Å²) < 4.78 is 15.8. The lowest BCUT2D eigenvalue weighted by Crippen LogP contribution is -2.32. The molecule has 21 heavy (non-hydrogen) atoms. The van der Waals surface area contributed by atoms with Crippen LogP contribution >= 0.6 is 0 Å². The van der Waals surface area contributed by atoms with Crippen molar-refractivity contribution in [2.45, 2.75) is 25.8 Å². The van der Waals surface area contributed by atoms with E-state index >= 15 is 0 Å². The first-order chi connectivity index (χ1) is 10.3. The van der Waals surface area contributed by atoms with Crippen LogP contribution in [0.15, 0.2) is 41.2 Å². The van der Waals surface area contributed by atoms with E-state index in [-0.39, 0.29) is 0 Å². The fraction of sp³-hybridized carbons (Fsp3) is 0.412. The van der Waals surface area contributed by atoms with Crippen LogP contribution in [0, 0.1) is 0 Å². The highest BCUT2D eigenvalue weighted by Crippen LogP contribution is 2.28. The second-order valence-corrected chi connectivity index (χ2v) is 4.98. The number of methoxy groups -OCH3 is 2. The monoisotopic (exact) mass is 289 g/mol. The van der Waals surface area contributed by atoms with Gasteiger partial charge in [0, 0.05) is 6.04 Å². The maximum Gasteiger partial charge on any atom is 0.160 e. The van der Waals surface area contributed by atoms with Gasteiger partial charge in [-0.2, -0.15) is 0 Å². The van der Waals surface area contributed by atoms with Crippen molar-refractivity contribution < 1.29 is 13.9 Å². The van der Waals surface area contributed by atoms with Gasteiger partial charge in [0.2, 0.25) is 0 Å². The van der Waals surface area contributed by atoms with E-state index in [1.54, 1.807) is 26.7 Å². The van der Waals surface area contributed by atoms with E-state index in [0.29, 0.717) is 6.04 Å². The number of hydrogen-bond acceptors (Lipinski definition) is 4. The minimum atomic E-state index is 0.366. The lowest BCUT2D eigenvalue weighted by molar-refractivity contribution is 0.354. The molecule has 0 saturated heterocycles. The largest absolute Gasteiger partial charge is 0.493 e. The number of furan rings is 1. The molecule has 0 bridgehead atoms. The quantitative estimate of drug-likeness (QED) is 0.811. The standard InChI is InChI=1S/C17H23NO3/c1-4-18-15(10-14-7-8-21-12-14)9-13-5-6-16(19-2)17(11-13)20-3/h5-8,11-12,15,18H,4,9-10H2,1-3H3. The smallest absolute Gasteiger partial charge is 0.160 e. The second kappa shape index (κ2) is 7.74. The molecule has 0 aliphatic carbocycles. The molecule has 0 radical (unpaired) electrons. The van der Waals surface area contributed by atoms with Crippen molar-refractivity contribution in [2.75, 3.05) is 20.8 Å². The van der Waals surface area contributed by atoms with Gasteiger partial charge in [0.1, 0.15) is 0 Å². The molecule has 0 aliphatic rings. The van der Waals surface area contributed by atoms with Gasteiger partial charge in [0.15, 0.2) is 11.5 Å². The van der Waals surface area contributed by atoms with Crippen molar-refractivity contribution >= 4 is 0 Å². The van der Waals surface area contributed by atoms with E-state index < -0.39 is 0 Å². The van der Waals surface area contributed by atoms with Crippen LogP contribution in [0.2, 0.25) is 0 Å². The minimum Gasteiger partial charge on any atom is -0.493 e. The van der Waals surface area contributed by atoms with Crippen LogP contribution in [-0.4, -0.2) is 26.8 Å². The summed E-state index contributed by atoms with van der Waals surface area (Å²) in [5.41, 5.74) is 2.43. The zero-order chi connectivity index (χ0) is 15.1. The number of nitrogens with one attached hydrogen (secondary N) is 1. The molecule has 0 spiro atoms. The van der Waals surface area contributed by atoms with Gasteiger partial charge in [-0.25, -0.2) is 0 Å². The zero-order valence-corrected chi connectivity index (χ0v) is 12.9. The van der Waals surface area contributed by atoms with Gasteiger partial charge in [0.05, 0.1) is 26.7 Å². The van der Waals surface area contributed by atoms with Crippen molar-refractivity contribution in [3.63, 3.8) is 0 Å². The first kappa shape index (κ1) is 15.4. The molecule has 0 saturated carbocycles. The fourth-order valence-electron chi connectivity index (χ4n) is 2.49. The number of hydrogen-bond donors (Lipinski definition) is 1. The predicted molar refractivity (Wildman–Crippen MR) is 83.1 cm³/mol. The molecule has 1 atom stereocenters. The van der Waals surface area contributed by atoms with Crippen LogP contribution in [0.1, 0.15) is 18.1 Å².